The van der Waals surface area contributed by atoms with E-state index in [9.17, 15) is 9.59 Å². The lowest BCUT2D eigenvalue weighted by Crippen LogP contribution is -2.33. The van der Waals surface area contributed by atoms with Crippen LogP contribution in [0.25, 0.3) is 10.8 Å². The van der Waals surface area contributed by atoms with Gasteiger partial charge in [-0.1, -0.05) is 48.5 Å². The van der Waals surface area contributed by atoms with E-state index in [0.717, 1.165) is 39.6 Å². The number of nitrogens with one attached hydrogen (secondary N) is 1. The van der Waals surface area contributed by atoms with Crippen LogP contribution >= 0.6 is 0 Å². The van der Waals surface area contributed by atoms with Crippen LogP contribution in [0.1, 0.15) is 35.7 Å². The molecule has 28 heavy (non-hydrogen) atoms. The molecular weight excluding hydrogens is 352 g/mol. The van der Waals surface area contributed by atoms with Gasteiger partial charge in [-0.3, -0.25) is 9.69 Å². The zero-order valence-corrected chi connectivity index (χ0v) is 15.5. The van der Waals surface area contributed by atoms with Gasteiger partial charge in [0.05, 0.1) is 12.6 Å². The van der Waals surface area contributed by atoms with Crippen molar-refractivity contribution < 1.29 is 14.3 Å². The van der Waals surface area contributed by atoms with Gasteiger partial charge in [-0.15, -0.1) is 0 Å². The number of carbonyl (C=O) groups is 2. The van der Waals surface area contributed by atoms with Crippen LogP contribution in [-0.4, -0.2) is 23.4 Å². The van der Waals surface area contributed by atoms with Crippen LogP contribution in [-0.2, 0) is 11.2 Å². The zero-order valence-electron chi connectivity index (χ0n) is 15.5. The summed E-state index contributed by atoms with van der Waals surface area (Å²) in [4.78, 5) is 27.2. The second-order valence-electron chi connectivity index (χ2n) is 7.30. The van der Waals surface area contributed by atoms with Crippen LogP contribution in [0.15, 0.2) is 60.7 Å². The molecule has 1 N–H and O–H groups in total. The molecular formula is C23H20N2O3. The summed E-state index contributed by atoms with van der Waals surface area (Å²) in [5.74, 6) is 0.644. The summed E-state index contributed by atoms with van der Waals surface area (Å²) in [5, 5.41) is 5.00. The number of imide groups is 1. The largest absolute Gasteiger partial charge is 0.493 e. The molecule has 3 aromatic carbocycles. The van der Waals surface area contributed by atoms with Crippen LogP contribution in [0.5, 0.6) is 5.75 Å². The van der Waals surface area contributed by atoms with Crippen molar-refractivity contribution >= 4 is 22.7 Å². The first-order valence-electron chi connectivity index (χ1n) is 9.50. The van der Waals surface area contributed by atoms with Crippen molar-refractivity contribution in [3.63, 3.8) is 0 Å². The molecule has 0 bridgehead atoms. The van der Waals surface area contributed by atoms with E-state index < -0.39 is 6.04 Å². The molecule has 1 fully saturated rings. The molecule has 0 spiro atoms. The maximum atomic E-state index is 13.2. The Balaban J connectivity index is 1.49. The van der Waals surface area contributed by atoms with Crippen LogP contribution in [0.3, 0.4) is 0 Å². The van der Waals surface area contributed by atoms with Gasteiger partial charge >= 0.3 is 6.03 Å². The van der Waals surface area contributed by atoms with Gasteiger partial charge in [0.25, 0.3) is 5.91 Å². The third-order valence-corrected chi connectivity index (χ3v) is 5.68. The predicted octanol–water partition coefficient (Wildman–Crippen LogP) is 4.13. The Morgan fingerprint density at radius 3 is 2.79 bits per heavy atom. The van der Waals surface area contributed by atoms with Gasteiger partial charge in [-0.05, 0) is 46.5 Å². The molecule has 0 aliphatic carbocycles. The summed E-state index contributed by atoms with van der Waals surface area (Å²) in [6.45, 7) is 2.56. The first-order valence-corrected chi connectivity index (χ1v) is 9.50. The molecule has 2 aliphatic heterocycles. The molecule has 1 saturated heterocycles. The number of nitrogens with zero attached hydrogens (tertiary/aromatic N) is 1. The monoisotopic (exact) mass is 372 g/mol. The van der Waals surface area contributed by atoms with Gasteiger partial charge in [0.15, 0.2) is 0 Å². The quantitative estimate of drug-likeness (QED) is 0.704. The van der Waals surface area contributed by atoms with E-state index in [1.807, 2.05) is 67.6 Å². The Morgan fingerprint density at radius 1 is 1.07 bits per heavy atom. The average molecular weight is 372 g/mol. The first-order chi connectivity index (χ1) is 13.6. The molecule has 0 radical (unpaired) electrons. The second kappa shape index (κ2) is 6.37. The fourth-order valence-corrected chi connectivity index (χ4v) is 4.23. The zero-order chi connectivity index (χ0) is 19.3. The third-order valence-electron chi connectivity index (χ3n) is 5.68. The average Bonchev–Trinajstić information content (AvgIpc) is 3.30. The number of ether oxygens (including phenoxy) is 1. The van der Waals surface area contributed by atoms with E-state index in [0.29, 0.717) is 6.61 Å². The highest BCUT2D eigenvalue weighted by molar-refractivity contribution is 6.05. The van der Waals surface area contributed by atoms with E-state index in [4.69, 9.17) is 4.74 Å². The van der Waals surface area contributed by atoms with E-state index in [2.05, 4.69) is 5.32 Å². The maximum absolute atomic E-state index is 13.2. The van der Waals surface area contributed by atoms with Crippen LogP contribution in [0, 0.1) is 0 Å². The Hall–Kier alpha value is -3.34. The number of amides is 3. The summed E-state index contributed by atoms with van der Waals surface area (Å²) in [6, 6.07) is 18.3. The molecule has 5 nitrogen and oxygen atoms in total. The van der Waals surface area contributed by atoms with Gasteiger partial charge in [-0.2, -0.15) is 0 Å². The lowest BCUT2D eigenvalue weighted by atomic mass is 9.98. The number of hydrogen-bond acceptors (Lipinski definition) is 3. The highest BCUT2D eigenvalue weighted by atomic mass is 16.5. The molecule has 2 unspecified atom stereocenters. The van der Waals surface area contributed by atoms with Gasteiger partial charge in [0, 0.05) is 6.42 Å². The number of carbonyl (C=O) groups excluding carboxylic acids is 2. The molecule has 3 aromatic rings. The number of urea groups is 1. The van der Waals surface area contributed by atoms with Crippen molar-refractivity contribution in [2.45, 2.75) is 25.4 Å². The third kappa shape index (κ3) is 2.54. The van der Waals surface area contributed by atoms with Crippen molar-refractivity contribution in [2.75, 3.05) is 6.61 Å². The lowest BCUT2D eigenvalue weighted by Gasteiger charge is -2.23. The summed E-state index contributed by atoms with van der Waals surface area (Å²) >= 11 is 0. The number of fused-ring (bicyclic) bond motifs is 2. The van der Waals surface area contributed by atoms with Crippen LogP contribution < -0.4 is 10.1 Å². The SMILES string of the molecule is CC(c1cccc2ccccc12)N1C(=O)NC(c2ccc3c(c2)CCO3)C1=O. The van der Waals surface area contributed by atoms with Gasteiger partial charge < -0.3 is 10.1 Å². The minimum Gasteiger partial charge on any atom is -0.493 e. The molecule has 2 heterocycles. The molecule has 0 aromatic heterocycles. The lowest BCUT2D eigenvalue weighted by molar-refractivity contribution is -0.129. The van der Waals surface area contributed by atoms with Crippen molar-refractivity contribution in [3.05, 3.63) is 77.4 Å². The molecule has 2 aliphatic rings. The first kappa shape index (κ1) is 16.8. The molecule has 3 amide bonds. The standard InChI is InChI=1S/C23H20N2O3/c1-14(18-8-4-6-15-5-2-3-7-19(15)18)25-22(26)21(24-23(25)27)17-9-10-20-16(13-17)11-12-28-20/h2-10,13-14,21H,11-12H2,1H3,(H,24,27). The van der Waals surface area contributed by atoms with E-state index in [1.54, 1.807) is 0 Å². The normalized spacial score (nSPS) is 19.5. The van der Waals surface area contributed by atoms with Gasteiger partial charge in [0.1, 0.15) is 11.8 Å². The van der Waals surface area contributed by atoms with Crippen molar-refractivity contribution in [1.29, 1.82) is 0 Å². The molecule has 140 valence electrons. The fraction of sp³-hybridized carbons (Fsp3) is 0.217. The minimum atomic E-state index is -0.657. The van der Waals surface area contributed by atoms with E-state index >= 15 is 0 Å². The summed E-state index contributed by atoms with van der Waals surface area (Å²) < 4.78 is 5.54. The molecule has 2 atom stereocenters. The Bertz CT molecular complexity index is 1100. The Labute approximate surface area is 162 Å². The van der Waals surface area contributed by atoms with Crippen LogP contribution in [0.2, 0.25) is 0 Å². The number of rotatable bonds is 3. The highest BCUT2D eigenvalue weighted by Crippen LogP contribution is 2.35. The van der Waals surface area contributed by atoms with Gasteiger partial charge in [-0.25, -0.2) is 4.79 Å². The number of benzene rings is 3. The number of hydrogen-bond donors (Lipinski definition) is 1. The summed E-state index contributed by atoms with van der Waals surface area (Å²) in [7, 11) is 0. The summed E-state index contributed by atoms with van der Waals surface area (Å²) in [6.07, 6.45) is 0.828. The topological polar surface area (TPSA) is 58.6 Å². The van der Waals surface area contributed by atoms with Crippen molar-refractivity contribution in [2.24, 2.45) is 0 Å². The van der Waals surface area contributed by atoms with Crippen LogP contribution in [0.4, 0.5) is 4.79 Å². The summed E-state index contributed by atoms with van der Waals surface area (Å²) in [5.41, 5.74) is 2.85. The van der Waals surface area contributed by atoms with Crippen molar-refractivity contribution in [3.8, 4) is 5.75 Å². The van der Waals surface area contributed by atoms with E-state index in [-0.39, 0.29) is 18.0 Å². The van der Waals surface area contributed by atoms with Gasteiger partial charge in [0.2, 0.25) is 0 Å². The smallest absolute Gasteiger partial charge is 0.325 e. The second-order valence-corrected chi connectivity index (χ2v) is 7.30. The molecule has 5 rings (SSSR count). The minimum absolute atomic E-state index is 0.218. The Morgan fingerprint density at radius 2 is 1.89 bits per heavy atom. The maximum Gasteiger partial charge on any atom is 0.325 e. The molecule has 0 saturated carbocycles. The fourth-order valence-electron chi connectivity index (χ4n) is 4.23. The Kier molecular flexibility index (Phi) is 3.83. The predicted molar refractivity (Wildman–Crippen MR) is 106 cm³/mol. The van der Waals surface area contributed by atoms with Crippen molar-refractivity contribution in [1.82, 2.24) is 10.2 Å². The van der Waals surface area contributed by atoms with E-state index in [1.165, 1.54) is 4.90 Å². The highest BCUT2D eigenvalue weighted by Gasteiger charge is 2.42. The molecule has 5 heteroatoms.